The van der Waals surface area contributed by atoms with Crippen molar-refractivity contribution >= 4 is 35.2 Å². The van der Waals surface area contributed by atoms with E-state index < -0.39 is 35.7 Å². The van der Waals surface area contributed by atoms with E-state index in [0.29, 0.717) is 16.9 Å². The quantitative estimate of drug-likeness (QED) is 0.0766. The average Bonchev–Trinajstić information content (AvgIpc) is 4.03. The van der Waals surface area contributed by atoms with Crippen LogP contribution in [0.15, 0.2) is 97.8 Å². The van der Waals surface area contributed by atoms with E-state index in [2.05, 4.69) is 50.7 Å². The molecule has 0 unspecified atom stereocenters. The molecule has 0 aliphatic heterocycles. The predicted octanol–water partition coefficient (Wildman–Crippen LogP) is 9.71. The number of pyridine rings is 2. The first-order valence-electron chi connectivity index (χ1n) is 20.8. The number of nitrogens with one attached hydrogen (secondary N) is 2. The molecule has 0 bridgehead atoms. The van der Waals surface area contributed by atoms with Crippen LogP contribution in [-0.4, -0.2) is 87.8 Å². The zero-order valence-corrected chi connectivity index (χ0v) is 38.5. The van der Waals surface area contributed by atoms with Crippen molar-refractivity contribution in [2.75, 3.05) is 32.0 Å². The number of aromatic nitrogens is 10. The van der Waals surface area contributed by atoms with Crippen LogP contribution in [0.4, 0.5) is 49.6 Å². The molecule has 2 aromatic carbocycles. The minimum atomic E-state index is -4.66. The monoisotopic (exact) mass is 982 g/mol. The lowest BCUT2D eigenvalue weighted by atomic mass is 10.1. The number of hydrogen-bond donors (Lipinski definition) is 3. The smallest absolute Gasteiger partial charge is 0.435 e. The van der Waals surface area contributed by atoms with Crippen LogP contribution < -0.4 is 20.1 Å². The third-order valence-electron chi connectivity index (χ3n) is 10.0. The van der Waals surface area contributed by atoms with E-state index >= 15 is 0 Å². The van der Waals surface area contributed by atoms with Gasteiger partial charge in [0, 0.05) is 70.8 Å². The molecule has 71 heavy (non-hydrogen) atoms. The third-order valence-corrected chi connectivity index (χ3v) is 10.0. The Kier molecular flexibility index (Phi) is 14.3. The normalized spacial score (nSPS) is 11.3. The standard InChI is InChI=1S/C24H21F3N6O3.C23H19F3N6O3/c1-13-7-14(2)9-16(8-13)30-23-29-12-18(15-10-17(22(34)36-4)21(35-3)28-11-15)20(31-23)33-6-5-19(32-33)24(25,26)27;1-12-6-13(2)8-15(7-12)29-22-28-11-17(14-9-16(21(33)34)20(35-3)27-10-14)19(30-22)32-5-4-18(31-32)23(24,25)26/h5-12H,1-4H3,(H,29,30,31);4-11H,1-3H3,(H,33,34)(H,28,29,30). The van der Waals surface area contributed by atoms with Crippen LogP contribution in [0.25, 0.3) is 33.9 Å². The maximum atomic E-state index is 13.3. The fraction of sp³-hybridized carbons (Fsp3) is 0.191. The molecule has 0 saturated carbocycles. The number of carboxylic acid groups (broad SMARTS) is 1. The highest BCUT2D eigenvalue weighted by Gasteiger charge is 2.35. The van der Waals surface area contributed by atoms with Crippen LogP contribution in [0.5, 0.6) is 11.8 Å². The van der Waals surface area contributed by atoms with Crippen LogP contribution in [0.1, 0.15) is 54.4 Å². The maximum absolute atomic E-state index is 13.3. The third kappa shape index (κ3) is 11.7. The number of aryl methyl sites for hydroxylation is 4. The van der Waals surface area contributed by atoms with Gasteiger partial charge in [-0.2, -0.15) is 46.5 Å². The summed E-state index contributed by atoms with van der Waals surface area (Å²) in [5.41, 5.74) is 4.10. The molecule has 6 heterocycles. The Hall–Kier alpha value is -8.96. The zero-order valence-electron chi connectivity index (χ0n) is 38.5. The van der Waals surface area contributed by atoms with Gasteiger partial charge in [-0.1, -0.05) is 12.1 Å². The van der Waals surface area contributed by atoms with E-state index in [-0.39, 0.29) is 63.1 Å². The number of esters is 1. The van der Waals surface area contributed by atoms with Crippen molar-refractivity contribution in [3.05, 3.63) is 143 Å². The molecule has 0 amide bonds. The molecule has 0 fully saturated rings. The highest BCUT2D eigenvalue weighted by molar-refractivity contribution is 5.94. The molecule has 18 nitrogen and oxygen atoms in total. The van der Waals surface area contributed by atoms with Crippen LogP contribution in [0.3, 0.4) is 0 Å². The molecule has 24 heteroatoms. The average molecular weight is 983 g/mol. The number of anilines is 4. The summed E-state index contributed by atoms with van der Waals surface area (Å²) in [6.07, 6.45) is -1.56. The SMILES string of the molecule is COC(=O)c1cc(-c2cnc(Nc3cc(C)cc(C)c3)nc2-n2ccc(C(F)(F)F)n2)cnc1OC.COc1ncc(-c2cnc(Nc3cc(C)cc(C)c3)nc2-n2ccc(C(F)(F)F)n2)cc1C(=O)O. The minimum Gasteiger partial charge on any atom is -0.480 e. The number of alkyl halides is 6. The number of ether oxygens (including phenoxy) is 3. The van der Waals surface area contributed by atoms with Gasteiger partial charge in [-0.05, 0) is 98.5 Å². The van der Waals surface area contributed by atoms with Gasteiger partial charge in [0.15, 0.2) is 23.0 Å². The first-order chi connectivity index (χ1) is 33.6. The Morgan fingerprint density at radius 1 is 0.563 bits per heavy atom. The van der Waals surface area contributed by atoms with Crippen molar-refractivity contribution in [3.8, 4) is 45.6 Å². The van der Waals surface area contributed by atoms with Gasteiger partial charge in [0.1, 0.15) is 11.1 Å². The van der Waals surface area contributed by atoms with Crippen molar-refractivity contribution in [1.82, 2.24) is 49.5 Å². The van der Waals surface area contributed by atoms with E-state index in [4.69, 9.17) is 14.2 Å². The molecular formula is C47H40F6N12O6. The lowest BCUT2D eigenvalue weighted by molar-refractivity contribution is -0.142. The predicted molar refractivity (Wildman–Crippen MR) is 245 cm³/mol. The first-order valence-corrected chi connectivity index (χ1v) is 20.8. The number of benzene rings is 2. The van der Waals surface area contributed by atoms with Gasteiger partial charge in [-0.3, -0.25) is 0 Å². The zero-order chi connectivity index (χ0) is 51.4. The van der Waals surface area contributed by atoms with Gasteiger partial charge in [0.2, 0.25) is 23.7 Å². The van der Waals surface area contributed by atoms with Crippen molar-refractivity contribution < 1.29 is 55.2 Å². The molecule has 0 aliphatic carbocycles. The van der Waals surface area contributed by atoms with Gasteiger partial charge in [-0.25, -0.2) is 38.9 Å². The fourth-order valence-corrected chi connectivity index (χ4v) is 7.09. The van der Waals surface area contributed by atoms with E-state index in [0.717, 1.165) is 56.1 Å². The second-order valence-electron chi connectivity index (χ2n) is 15.5. The van der Waals surface area contributed by atoms with E-state index in [1.807, 2.05) is 64.1 Å². The number of nitrogens with zero attached hydrogens (tertiary/aromatic N) is 10. The van der Waals surface area contributed by atoms with Crippen molar-refractivity contribution in [1.29, 1.82) is 0 Å². The number of carbonyl (C=O) groups is 2. The van der Waals surface area contributed by atoms with Crippen molar-refractivity contribution in [2.45, 2.75) is 40.0 Å². The van der Waals surface area contributed by atoms with Crippen molar-refractivity contribution in [2.24, 2.45) is 0 Å². The highest BCUT2D eigenvalue weighted by Crippen LogP contribution is 2.34. The summed E-state index contributed by atoms with van der Waals surface area (Å²) in [6.45, 7) is 7.72. The van der Waals surface area contributed by atoms with Crippen LogP contribution in [0, 0.1) is 27.7 Å². The Morgan fingerprint density at radius 2 is 0.958 bits per heavy atom. The molecule has 8 aromatic rings. The van der Waals surface area contributed by atoms with E-state index in [1.54, 1.807) is 0 Å². The lowest BCUT2D eigenvalue weighted by Crippen LogP contribution is -2.10. The summed E-state index contributed by atoms with van der Waals surface area (Å²) in [5.74, 6) is -1.80. The molecule has 0 saturated heterocycles. The number of halogens is 6. The van der Waals surface area contributed by atoms with E-state index in [1.165, 1.54) is 58.2 Å². The molecule has 0 spiro atoms. The molecule has 0 radical (unpaired) electrons. The van der Waals surface area contributed by atoms with E-state index in [9.17, 15) is 41.0 Å². The minimum absolute atomic E-state index is 0.00863. The summed E-state index contributed by atoms with van der Waals surface area (Å²) in [6, 6.07) is 15.9. The molecule has 6 aromatic heterocycles. The second-order valence-corrected chi connectivity index (χ2v) is 15.5. The summed E-state index contributed by atoms with van der Waals surface area (Å²) in [5, 5.41) is 22.9. The Labute approximate surface area is 399 Å². The molecular weight excluding hydrogens is 943 g/mol. The van der Waals surface area contributed by atoms with Gasteiger partial charge in [-0.15, -0.1) is 0 Å². The first kappa shape index (κ1) is 49.9. The summed E-state index contributed by atoms with van der Waals surface area (Å²) in [4.78, 5) is 49.4. The molecule has 8 rings (SSSR count). The topological polar surface area (TPSA) is 219 Å². The number of methoxy groups -OCH3 is 3. The molecule has 3 N–H and O–H groups in total. The number of rotatable bonds is 12. The van der Waals surface area contributed by atoms with Crippen LogP contribution >= 0.6 is 0 Å². The number of carbonyl (C=O) groups excluding carboxylic acids is 1. The number of carboxylic acids is 1. The summed E-state index contributed by atoms with van der Waals surface area (Å²) in [7, 11) is 3.83. The van der Waals surface area contributed by atoms with Crippen LogP contribution in [0.2, 0.25) is 0 Å². The van der Waals surface area contributed by atoms with Crippen LogP contribution in [-0.2, 0) is 17.1 Å². The number of hydrogen-bond acceptors (Lipinski definition) is 15. The Balaban J connectivity index is 0.000000209. The lowest BCUT2D eigenvalue weighted by Gasteiger charge is -2.13. The fourth-order valence-electron chi connectivity index (χ4n) is 7.09. The number of aromatic carboxylic acids is 1. The van der Waals surface area contributed by atoms with Crippen molar-refractivity contribution in [3.63, 3.8) is 0 Å². The maximum Gasteiger partial charge on any atom is 0.435 e. The highest BCUT2D eigenvalue weighted by atomic mass is 19.4. The van der Waals surface area contributed by atoms with Gasteiger partial charge < -0.3 is 30.0 Å². The molecule has 0 aliphatic rings. The Bertz CT molecular complexity index is 3240. The van der Waals surface area contributed by atoms with Gasteiger partial charge in [0.05, 0.1) is 21.3 Å². The second kappa shape index (κ2) is 20.3. The Morgan fingerprint density at radius 3 is 1.31 bits per heavy atom. The molecule has 0 atom stereocenters. The summed E-state index contributed by atoms with van der Waals surface area (Å²) >= 11 is 0. The van der Waals surface area contributed by atoms with Gasteiger partial charge in [0.25, 0.3) is 0 Å². The largest absolute Gasteiger partial charge is 0.480 e. The van der Waals surface area contributed by atoms with Gasteiger partial charge >= 0.3 is 24.3 Å². The summed E-state index contributed by atoms with van der Waals surface area (Å²) < 4.78 is 96.2. The molecule has 366 valence electrons.